The van der Waals surface area contributed by atoms with E-state index >= 15 is 0 Å². The molecule has 4 heteroatoms. The summed E-state index contributed by atoms with van der Waals surface area (Å²) in [5.74, 6) is -0.406. The van der Waals surface area contributed by atoms with E-state index in [-0.39, 0.29) is 12.4 Å². The molecule has 0 aliphatic carbocycles. The van der Waals surface area contributed by atoms with Crippen LogP contribution in [0.1, 0.15) is 41.8 Å². The van der Waals surface area contributed by atoms with Gasteiger partial charge in [-0.1, -0.05) is 49.7 Å². The number of hydrogen-bond donors (Lipinski definition) is 0. The second-order valence-electron chi connectivity index (χ2n) is 6.63. The van der Waals surface area contributed by atoms with E-state index in [1.165, 1.54) is 5.56 Å². The molecule has 3 aromatic carbocycles. The summed E-state index contributed by atoms with van der Waals surface area (Å²) < 4.78 is 10.7. The van der Waals surface area contributed by atoms with Gasteiger partial charge in [0.25, 0.3) is 0 Å². The van der Waals surface area contributed by atoms with Crippen molar-refractivity contribution in [3.05, 3.63) is 77.4 Å². The molecule has 3 rings (SSSR count). The highest BCUT2D eigenvalue weighted by atomic mass is 16.5. The normalized spacial score (nSPS) is 10.6. The first-order chi connectivity index (χ1) is 13.6. The van der Waals surface area contributed by atoms with Crippen LogP contribution in [-0.2, 0) is 22.4 Å². The summed E-state index contributed by atoms with van der Waals surface area (Å²) in [4.78, 5) is 24.6. The molecule has 0 N–H and O–H groups in total. The monoisotopic (exact) mass is 376 g/mol. The summed E-state index contributed by atoms with van der Waals surface area (Å²) in [7, 11) is 0. The van der Waals surface area contributed by atoms with E-state index in [4.69, 9.17) is 9.47 Å². The summed E-state index contributed by atoms with van der Waals surface area (Å²) >= 11 is 0. The van der Waals surface area contributed by atoms with Crippen LogP contribution in [0.4, 0.5) is 0 Å². The van der Waals surface area contributed by atoms with Gasteiger partial charge in [0.1, 0.15) is 5.75 Å². The molecule has 0 bridgehead atoms. The lowest BCUT2D eigenvalue weighted by atomic mass is 10.0. The van der Waals surface area contributed by atoms with Gasteiger partial charge in [0.05, 0.1) is 18.6 Å². The molecular formula is C24H24O4. The minimum Gasteiger partial charge on any atom is -0.466 e. The van der Waals surface area contributed by atoms with Crippen LogP contribution in [0.3, 0.4) is 0 Å². The van der Waals surface area contributed by atoms with Gasteiger partial charge >= 0.3 is 11.9 Å². The van der Waals surface area contributed by atoms with Crippen LogP contribution in [0.2, 0.25) is 0 Å². The third-order valence-corrected chi connectivity index (χ3v) is 4.50. The van der Waals surface area contributed by atoms with Crippen LogP contribution in [-0.4, -0.2) is 18.5 Å². The van der Waals surface area contributed by atoms with Crippen molar-refractivity contribution < 1.29 is 19.1 Å². The van der Waals surface area contributed by atoms with Crippen molar-refractivity contribution in [2.45, 2.75) is 33.1 Å². The number of rotatable bonds is 7. The molecule has 0 unspecified atom stereocenters. The smallest absolute Gasteiger partial charge is 0.343 e. The lowest BCUT2D eigenvalue weighted by Gasteiger charge is -2.12. The SMILES string of the molecule is CCCc1ccc(C(=O)Oc2cc3ccccc3cc2CC(=O)OCC)cc1. The Balaban J connectivity index is 1.89. The van der Waals surface area contributed by atoms with Crippen molar-refractivity contribution in [3.8, 4) is 5.75 Å². The third kappa shape index (κ3) is 4.77. The van der Waals surface area contributed by atoms with Gasteiger partial charge in [-0.2, -0.15) is 0 Å². The van der Waals surface area contributed by atoms with Gasteiger partial charge in [-0.05, 0) is 53.9 Å². The fourth-order valence-corrected chi connectivity index (χ4v) is 3.12. The number of aryl methyl sites for hydroxylation is 1. The molecular weight excluding hydrogens is 352 g/mol. The molecule has 0 heterocycles. The first-order valence-electron chi connectivity index (χ1n) is 9.59. The number of fused-ring (bicyclic) bond motifs is 1. The number of hydrogen-bond acceptors (Lipinski definition) is 4. The Hall–Kier alpha value is -3.14. The molecule has 144 valence electrons. The van der Waals surface area contributed by atoms with Crippen LogP contribution in [0.5, 0.6) is 5.75 Å². The topological polar surface area (TPSA) is 52.6 Å². The Kier molecular flexibility index (Phi) is 6.43. The van der Waals surface area contributed by atoms with Crippen molar-refractivity contribution in [1.82, 2.24) is 0 Å². The molecule has 0 fully saturated rings. The van der Waals surface area contributed by atoms with Crippen molar-refractivity contribution in [2.24, 2.45) is 0 Å². The molecule has 0 aliphatic rings. The predicted octanol–water partition coefficient (Wildman–Crippen LogP) is 5.12. The van der Waals surface area contributed by atoms with E-state index < -0.39 is 5.97 Å². The summed E-state index contributed by atoms with van der Waals surface area (Å²) in [6, 6.07) is 18.9. The molecule has 0 saturated heterocycles. The van der Waals surface area contributed by atoms with Crippen LogP contribution < -0.4 is 4.74 Å². The Labute approximate surface area is 165 Å². The zero-order chi connectivity index (χ0) is 19.9. The highest BCUT2D eigenvalue weighted by molar-refractivity contribution is 5.93. The van der Waals surface area contributed by atoms with Gasteiger partial charge in [-0.3, -0.25) is 4.79 Å². The minimum atomic E-state index is -0.441. The maximum atomic E-state index is 12.6. The number of benzene rings is 3. The fraction of sp³-hybridized carbons (Fsp3) is 0.250. The Bertz CT molecular complexity index is 974. The zero-order valence-corrected chi connectivity index (χ0v) is 16.2. The highest BCUT2D eigenvalue weighted by Crippen LogP contribution is 2.28. The molecule has 0 spiro atoms. The van der Waals surface area contributed by atoms with E-state index in [1.54, 1.807) is 25.1 Å². The summed E-state index contributed by atoms with van der Waals surface area (Å²) in [5.41, 5.74) is 2.30. The number of ether oxygens (including phenoxy) is 2. The second kappa shape index (κ2) is 9.18. The molecule has 3 aromatic rings. The molecule has 0 atom stereocenters. The summed E-state index contributed by atoms with van der Waals surface area (Å²) in [6.45, 7) is 4.19. The van der Waals surface area contributed by atoms with Gasteiger partial charge < -0.3 is 9.47 Å². The Morgan fingerprint density at radius 1 is 0.893 bits per heavy atom. The van der Waals surface area contributed by atoms with Gasteiger partial charge in [-0.15, -0.1) is 0 Å². The van der Waals surface area contributed by atoms with Gasteiger partial charge in [0.2, 0.25) is 0 Å². The maximum absolute atomic E-state index is 12.6. The Morgan fingerprint density at radius 2 is 1.57 bits per heavy atom. The highest BCUT2D eigenvalue weighted by Gasteiger charge is 2.16. The first kappa shape index (κ1) is 19.6. The predicted molar refractivity (Wildman–Crippen MR) is 110 cm³/mol. The van der Waals surface area contributed by atoms with Crippen molar-refractivity contribution >= 4 is 22.7 Å². The van der Waals surface area contributed by atoms with E-state index in [1.807, 2.05) is 42.5 Å². The lowest BCUT2D eigenvalue weighted by Crippen LogP contribution is -2.13. The molecule has 4 nitrogen and oxygen atoms in total. The average molecular weight is 376 g/mol. The molecule has 0 saturated carbocycles. The van der Waals surface area contributed by atoms with Gasteiger partial charge in [-0.25, -0.2) is 4.79 Å². The Morgan fingerprint density at radius 3 is 2.21 bits per heavy atom. The van der Waals surface area contributed by atoms with Crippen LogP contribution >= 0.6 is 0 Å². The van der Waals surface area contributed by atoms with Gasteiger partial charge in [0, 0.05) is 5.56 Å². The minimum absolute atomic E-state index is 0.0523. The lowest BCUT2D eigenvalue weighted by molar-refractivity contribution is -0.142. The maximum Gasteiger partial charge on any atom is 0.343 e. The molecule has 0 amide bonds. The van der Waals surface area contributed by atoms with Crippen molar-refractivity contribution in [1.29, 1.82) is 0 Å². The summed E-state index contributed by atoms with van der Waals surface area (Å²) in [5, 5.41) is 1.92. The standard InChI is InChI=1S/C24H24O4/c1-3-7-17-10-12-18(13-11-17)24(26)28-22-15-20-9-6-5-8-19(20)14-21(22)16-23(25)27-4-2/h5-6,8-15H,3-4,7,16H2,1-2H3. The average Bonchev–Trinajstić information content (AvgIpc) is 2.69. The molecule has 0 aliphatic heterocycles. The number of carbonyl (C=O) groups is 2. The quantitative estimate of drug-likeness (QED) is 0.424. The van der Waals surface area contributed by atoms with E-state index in [2.05, 4.69) is 6.92 Å². The molecule has 0 radical (unpaired) electrons. The molecule has 28 heavy (non-hydrogen) atoms. The largest absolute Gasteiger partial charge is 0.466 e. The van der Waals surface area contributed by atoms with Crippen LogP contribution in [0, 0.1) is 0 Å². The van der Waals surface area contributed by atoms with Gasteiger partial charge in [0.15, 0.2) is 0 Å². The van der Waals surface area contributed by atoms with Crippen LogP contribution in [0.25, 0.3) is 10.8 Å². The summed E-state index contributed by atoms with van der Waals surface area (Å²) in [6.07, 6.45) is 2.08. The third-order valence-electron chi connectivity index (χ3n) is 4.50. The first-order valence-corrected chi connectivity index (χ1v) is 9.59. The van der Waals surface area contributed by atoms with Crippen molar-refractivity contribution in [2.75, 3.05) is 6.61 Å². The fourth-order valence-electron chi connectivity index (χ4n) is 3.12. The van der Waals surface area contributed by atoms with E-state index in [9.17, 15) is 9.59 Å². The van der Waals surface area contributed by atoms with E-state index in [0.717, 1.165) is 23.6 Å². The molecule has 0 aromatic heterocycles. The number of carbonyl (C=O) groups excluding carboxylic acids is 2. The second-order valence-corrected chi connectivity index (χ2v) is 6.63. The zero-order valence-electron chi connectivity index (χ0n) is 16.2. The van der Waals surface area contributed by atoms with E-state index in [0.29, 0.717) is 23.5 Å². The number of esters is 2. The van der Waals surface area contributed by atoms with Crippen molar-refractivity contribution in [3.63, 3.8) is 0 Å². The van der Waals surface area contributed by atoms with Crippen LogP contribution in [0.15, 0.2) is 60.7 Å².